The van der Waals surface area contributed by atoms with E-state index in [2.05, 4.69) is 15.6 Å². The topological polar surface area (TPSA) is 69.0 Å². The quantitative estimate of drug-likeness (QED) is 0.738. The molecule has 0 fully saturated rings. The molecule has 0 bridgehead atoms. The Morgan fingerprint density at radius 1 is 1.15 bits per heavy atom. The second-order valence-corrected chi connectivity index (χ2v) is 6.40. The monoisotopic (exact) mass is 370 g/mol. The van der Waals surface area contributed by atoms with E-state index in [0.29, 0.717) is 16.4 Å². The summed E-state index contributed by atoms with van der Waals surface area (Å²) in [5, 5.41) is 11.7. The predicted molar refractivity (Wildman–Crippen MR) is 101 cm³/mol. The summed E-state index contributed by atoms with van der Waals surface area (Å²) < 4.78 is 6.82. The summed E-state index contributed by atoms with van der Waals surface area (Å²) in [5.74, 6) is -0.333. The van der Waals surface area contributed by atoms with Gasteiger partial charge < -0.3 is 10.1 Å². The molecule has 3 rings (SSSR count). The number of aryl methyl sites for hydroxylation is 2. The lowest BCUT2D eigenvalue weighted by Crippen LogP contribution is -2.16. The second kappa shape index (κ2) is 7.68. The number of nitrogens with zero attached hydrogens (tertiary/aromatic N) is 3. The van der Waals surface area contributed by atoms with Crippen LogP contribution in [0.25, 0.3) is 5.69 Å². The van der Waals surface area contributed by atoms with E-state index in [9.17, 15) is 4.79 Å². The molecule has 26 heavy (non-hydrogen) atoms. The molecule has 0 radical (unpaired) electrons. The van der Waals surface area contributed by atoms with E-state index in [1.807, 2.05) is 32.0 Å². The molecular formula is C19H19ClN4O2. The first-order valence-electron chi connectivity index (χ1n) is 8.07. The van der Waals surface area contributed by atoms with Crippen LogP contribution >= 0.6 is 11.6 Å². The molecule has 0 spiro atoms. The highest BCUT2D eigenvalue weighted by atomic mass is 35.5. The number of ether oxygens (including phenoxy) is 1. The predicted octanol–water partition coefficient (Wildman–Crippen LogP) is 3.94. The maximum Gasteiger partial charge on any atom is 0.278 e. The maximum absolute atomic E-state index is 12.7. The van der Waals surface area contributed by atoms with Crippen molar-refractivity contribution >= 4 is 23.2 Å². The fourth-order valence-electron chi connectivity index (χ4n) is 2.54. The number of rotatable bonds is 5. The number of aromatic nitrogens is 3. The molecule has 0 unspecified atom stereocenters. The van der Waals surface area contributed by atoms with Crippen molar-refractivity contribution in [2.45, 2.75) is 20.5 Å². The molecule has 134 valence electrons. The minimum atomic E-state index is -0.333. The van der Waals surface area contributed by atoms with Crippen molar-refractivity contribution < 1.29 is 9.53 Å². The van der Waals surface area contributed by atoms with Crippen LogP contribution in [0.3, 0.4) is 0 Å². The summed E-state index contributed by atoms with van der Waals surface area (Å²) in [6.07, 6.45) is 0. The Labute approximate surface area is 156 Å². The van der Waals surface area contributed by atoms with Crippen LogP contribution in [0, 0.1) is 13.8 Å². The Kier molecular flexibility index (Phi) is 5.35. The van der Waals surface area contributed by atoms with Crippen LogP contribution in [-0.4, -0.2) is 28.0 Å². The van der Waals surface area contributed by atoms with Gasteiger partial charge in [-0.15, -0.1) is 5.10 Å². The molecule has 2 aromatic carbocycles. The van der Waals surface area contributed by atoms with E-state index in [1.165, 1.54) is 0 Å². The first-order chi connectivity index (χ1) is 12.5. The average Bonchev–Trinajstić information content (AvgIpc) is 3.03. The third-order valence-corrected chi connectivity index (χ3v) is 4.35. The molecule has 1 amide bonds. The molecule has 0 aliphatic heterocycles. The Balaban J connectivity index is 1.92. The van der Waals surface area contributed by atoms with Crippen LogP contribution in [-0.2, 0) is 11.3 Å². The highest BCUT2D eigenvalue weighted by Crippen LogP contribution is 2.19. The van der Waals surface area contributed by atoms with Gasteiger partial charge in [0.25, 0.3) is 5.91 Å². The van der Waals surface area contributed by atoms with Gasteiger partial charge in [-0.1, -0.05) is 22.9 Å². The van der Waals surface area contributed by atoms with E-state index in [-0.39, 0.29) is 18.2 Å². The number of hydrogen-bond donors (Lipinski definition) is 1. The minimum Gasteiger partial charge on any atom is -0.378 e. The van der Waals surface area contributed by atoms with Crippen molar-refractivity contribution in [1.82, 2.24) is 15.0 Å². The molecule has 0 saturated heterocycles. The summed E-state index contributed by atoms with van der Waals surface area (Å²) in [5.41, 5.74) is 4.51. The van der Waals surface area contributed by atoms with Gasteiger partial charge in [0.05, 0.1) is 12.3 Å². The molecule has 0 aliphatic carbocycles. The smallest absolute Gasteiger partial charge is 0.278 e. The molecule has 1 N–H and O–H groups in total. The highest BCUT2D eigenvalue weighted by Gasteiger charge is 2.21. The van der Waals surface area contributed by atoms with Crippen molar-refractivity contribution in [1.29, 1.82) is 0 Å². The van der Waals surface area contributed by atoms with Crippen molar-refractivity contribution in [2.75, 3.05) is 12.4 Å². The van der Waals surface area contributed by atoms with Crippen molar-refractivity contribution in [3.8, 4) is 5.69 Å². The van der Waals surface area contributed by atoms with Gasteiger partial charge in [-0.3, -0.25) is 4.79 Å². The Morgan fingerprint density at radius 2 is 1.88 bits per heavy atom. The number of carbonyl (C=O) groups excluding carboxylic acids is 1. The van der Waals surface area contributed by atoms with E-state index < -0.39 is 0 Å². The number of hydrogen-bond acceptors (Lipinski definition) is 4. The van der Waals surface area contributed by atoms with Gasteiger partial charge >= 0.3 is 0 Å². The first-order valence-corrected chi connectivity index (χ1v) is 8.45. The summed E-state index contributed by atoms with van der Waals surface area (Å²) in [4.78, 5) is 12.7. The van der Waals surface area contributed by atoms with E-state index >= 15 is 0 Å². The van der Waals surface area contributed by atoms with Crippen LogP contribution in [0.4, 0.5) is 5.69 Å². The molecule has 0 atom stereocenters. The van der Waals surface area contributed by atoms with Crippen molar-refractivity contribution in [3.05, 3.63) is 70.0 Å². The van der Waals surface area contributed by atoms with Crippen molar-refractivity contribution in [2.24, 2.45) is 0 Å². The molecule has 6 nitrogen and oxygen atoms in total. The number of amides is 1. The standard InChI is InChI=1S/C19H19ClN4O2/c1-12-4-7-15(10-13(12)2)21-19(25)18-17(11-26-3)24(23-22-18)16-8-5-14(20)6-9-16/h4-10H,11H2,1-3H3,(H,21,25). The van der Waals surface area contributed by atoms with Crippen molar-refractivity contribution in [3.63, 3.8) is 0 Å². The zero-order valence-corrected chi connectivity index (χ0v) is 15.5. The minimum absolute atomic E-state index is 0.200. The number of carbonyl (C=O) groups is 1. The molecule has 7 heteroatoms. The maximum atomic E-state index is 12.7. The molecule has 0 saturated carbocycles. The van der Waals surface area contributed by atoms with Crippen LogP contribution in [0.15, 0.2) is 42.5 Å². The third kappa shape index (κ3) is 3.76. The number of halogens is 1. The highest BCUT2D eigenvalue weighted by molar-refractivity contribution is 6.30. The summed E-state index contributed by atoms with van der Waals surface area (Å²) in [6, 6.07) is 12.9. The van der Waals surface area contributed by atoms with Crippen LogP contribution in [0.5, 0.6) is 0 Å². The fourth-order valence-corrected chi connectivity index (χ4v) is 2.67. The largest absolute Gasteiger partial charge is 0.378 e. The fraction of sp³-hybridized carbons (Fsp3) is 0.211. The van der Waals surface area contributed by atoms with E-state index in [4.69, 9.17) is 16.3 Å². The zero-order chi connectivity index (χ0) is 18.7. The van der Waals surface area contributed by atoms with Gasteiger partial charge in [-0.2, -0.15) is 0 Å². The average molecular weight is 371 g/mol. The lowest BCUT2D eigenvalue weighted by atomic mass is 10.1. The van der Waals surface area contributed by atoms with Gasteiger partial charge in [0.2, 0.25) is 0 Å². The molecular weight excluding hydrogens is 352 g/mol. The Bertz CT molecular complexity index is 935. The van der Waals surface area contributed by atoms with E-state index in [0.717, 1.165) is 16.8 Å². The Morgan fingerprint density at radius 3 is 2.54 bits per heavy atom. The van der Waals surface area contributed by atoms with Gasteiger partial charge in [-0.25, -0.2) is 4.68 Å². The molecule has 3 aromatic rings. The number of benzene rings is 2. The zero-order valence-electron chi connectivity index (χ0n) is 14.8. The van der Waals surface area contributed by atoms with Gasteiger partial charge in [0.1, 0.15) is 5.69 Å². The summed E-state index contributed by atoms with van der Waals surface area (Å²) in [7, 11) is 1.56. The number of methoxy groups -OCH3 is 1. The lowest BCUT2D eigenvalue weighted by Gasteiger charge is -2.09. The summed E-state index contributed by atoms with van der Waals surface area (Å²) >= 11 is 5.94. The second-order valence-electron chi connectivity index (χ2n) is 5.96. The van der Waals surface area contributed by atoms with Crippen LogP contribution in [0.2, 0.25) is 5.02 Å². The SMILES string of the molecule is COCc1c(C(=O)Nc2ccc(C)c(C)c2)nnn1-c1ccc(Cl)cc1. The van der Waals surface area contributed by atoms with Crippen LogP contribution < -0.4 is 5.32 Å². The van der Waals surface area contributed by atoms with Gasteiger partial charge in [0.15, 0.2) is 5.69 Å². The van der Waals surface area contributed by atoms with Crippen LogP contribution in [0.1, 0.15) is 27.3 Å². The van der Waals surface area contributed by atoms with Gasteiger partial charge in [-0.05, 0) is 61.4 Å². The third-order valence-electron chi connectivity index (χ3n) is 4.10. The molecule has 0 aliphatic rings. The molecule has 1 aromatic heterocycles. The normalized spacial score (nSPS) is 10.8. The Hall–Kier alpha value is -2.70. The first kappa shape index (κ1) is 18.1. The number of anilines is 1. The van der Waals surface area contributed by atoms with Gasteiger partial charge in [0, 0.05) is 17.8 Å². The number of nitrogens with one attached hydrogen (secondary N) is 1. The summed E-state index contributed by atoms with van der Waals surface area (Å²) in [6.45, 7) is 4.22. The lowest BCUT2D eigenvalue weighted by molar-refractivity contribution is 0.101. The molecule has 1 heterocycles. The van der Waals surface area contributed by atoms with E-state index in [1.54, 1.807) is 36.1 Å².